The van der Waals surface area contributed by atoms with Crippen molar-refractivity contribution in [2.75, 3.05) is 33.2 Å². The van der Waals surface area contributed by atoms with Gasteiger partial charge in [0, 0.05) is 31.7 Å². The highest BCUT2D eigenvalue weighted by atomic mass is 32.1. The highest BCUT2D eigenvalue weighted by Gasteiger charge is 2.18. The third kappa shape index (κ3) is 3.75. The van der Waals surface area contributed by atoms with Gasteiger partial charge in [0.1, 0.15) is 4.99 Å². The molecule has 0 saturated carbocycles. The van der Waals surface area contributed by atoms with Gasteiger partial charge in [-0.3, -0.25) is 4.79 Å². The predicted molar refractivity (Wildman–Crippen MR) is 80.1 cm³/mol. The first kappa shape index (κ1) is 14.0. The second kappa shape index (κ2) is 6.12. The molecule has 5 heteroatoms. The molecule has 4 nitrogen and oxygen atoms in total. The average molecular weight is 277 g/mol. The van der Waals surface area contributed by atoms with Crippen LogP contribution in [0.4, 0.5) is 0 Å². The Balaban J connectivity index is 1.93. The van der Waals surface area contributed by atoms with Crippen molar-refractivity contribution < 1.29 is 4.79 Å². The topological polar surface area (TPSA) is 49.6 Å². The molecule has 0 spiro atoms. The molecule has 2 rings (SSSR count). The quantitative estimate of drug-likeness (QED) is 0.824. The van der Waals surface area contributed by atoms with Crippen LogP contribution < -0.4 is 5.73 Å². The van der Waals surface area contributed by atoms with Crippen LogP contribution in [-0.4, -0.2) is 53.9 Å². The summed E-state index contributed by atoms with van der Waals surface area (Å²) < 4.78 is 0. The summed E-state index contributed by atoms with van der Waals surface area (Å²) in [6.45, 7) is 3.54. The van der Waals surface area contributed by atoms with Gasteiger partial charge in [-0.2, -0.15) is 0 Å². The van der Waals surface area contributed by atoms with Gasteiger partial charge < -0.3 is 15.5 Å². The van der Waals surface area contributed by atoms with E-state index < -0.39 is 0 Å². The first-order valence-corrected chi connectivity index (χ1v) is 6.82. The van der Waals surface area contributed by atoms with Gasteiger partial charge in [-0.1, -0.05) is 36.5 Å². The molecule has 1 aliphatic heterocycles. The number of hydrogen-bond donors (Lipinski definition) is 1. The summed E-state index contributed by atoms with van der Waals surface area (Å²) in [4.78, 5) is 16.7. The molecule has 0 radical (unpaired) electrons. The standard InChI is InChI=1S/C14H19N3OS/c1-16-6-8-17(9-7-16)13(18)10-11-2-4-12(5-3-11)14(15)19/h2-5H,6-10H2,1H3,(H2,15,19). The van der Waals surface area contributed by atoms with Crippen molar-refractivity contribution in [2.45, 2.75) is 6.42 Å². The van der Waals surface area contributed by atoms with Crippen molar-refractivity contribution in [3.63, 3.8) is 0 Å². The highest BCUT2D eigenvalue weighted by molar-refractivity contribution is 7.80. The molecule has 102 valence electrons. The second-order valence-corrected chi connectivity index (χ2v) is 5.36. The lowest BCUT2D eigenvalue weighted by atomic mass is 10.1. The number of nitrogens with zero attached hydrogens (tertiary/aromatic N) is 2. The van der Waals surface area contributed by atoms with Crippen LogP contribution in [-0.2, 0) is 11.2 Å². The van der Waals surface area contributed by atoms with Gasteiger partial charge in [0.25, 0.3) is 0 Å². The van der Waals surface area contributed by atoms with E-state index in [0.29, 0.717) is 11.4 Å². The maximum Gasteiger partial charge on any atom is 0.227 e. The van der Waals surface area contributed by atoms with Crippen molar-refractivity contribution >= 4 is 23.1 Å². The Morgan fingerprint density at radius 1 is 1.21 bits per heavy atom. The first-order chi connectivity index (χ1) is 9.06. The molecule has 19 heavy (non-hydrogen) atoms. The Bertz CT molecular complexity index is 464. The van der Waals surface area contributed by atoms with E-state index in [1.54, 1.807) is 0 Å². The number of piperazine rings is 1. The van der Waals surface area contributed by atoms with Gasteiger partial charge in [-0.25, -0.2) is 0 Å². The maximum absolute atomic E-state index is 12.1. The number of benzene rings is 1. The molecule has 0 unspecified atom stereocenters. The molecule has 1 aromatic carbocycles. The largest absolute Gasteiger partial charge is 0.389 e. The molecule has 2 N–H and O–H groups in total. The number of amides is 1. The van der Waals surface area contributed by atoms with Gasteiger partial charge in [-0.05, 0) is 12.6 Å². The zero-order chi connectivity index (χ0) is 13.8. The second-order valence-electron chi connectivity index (χ2n) is 4.92. The van der Waals surface area contributed by atoms with Crippen LogP contribution >= 0.6 is 12.2 Å². The molecule has 0 aliphatic carbocycles. The summed E-state index contributed by atoms with van der Waals surface area (Å²) in [5, 5.41) is 0. The number of likely N-dealkylation sites (N-methyl/N-ethyl adjacent to an activating group) is 1. The van der Waals surface area contributed by atoms with Gasteiger partial charge in [0.15, 0.2) is 0 Å². The molecule has 0 aromatic heterocycles. The Hall–Kier alpha value is -1.46. The smallest absolute Gasteiger partial charge is 0.227 e. The van der Waals surface area contributed by atoms with E-state index in [1.807, 2.05) is 29.2 Å². The summed E-state index contributed by atoms with van der Waals surface area (Å²) in [5.41, 5.74) is 7.39. The Labute approximate surface area is 119 Å². The van der Waals surface area contributed by atoms with Crippen LogP contribution in [0.1, 0.15) is 11.1 Å². The monoisotopic (exact) mass is 277 g/mol. The molecular formula is C14H19N3OS. The lowest BCUT2D eigenvalue weighted by molar-refractivity contribution is -0.132. The molecule has 1 heterocycles. The van der Waals surface area contributed by atoms with Crippen LogP contribution in [0.5, 0.6) is 0 Å². The minimum atomic E-state index is 0.191. The van der Waals surface area contributed by atoms with Crippen LogP contribution in [0.15, 0.2) is 24.3 Å². The normalized spacial score (nSPS) is 16.4. The summed E-state index contributed by atoms with van der Waals surface area (Å²) in [6, 6.07) is 7.58. The van der Waals surface area contributed by atoms with Crippen LogP contribution in [0.3, 0.4) is 0 Å². The summed E-state index contributed by atoms with van der Waals surface area (Å²) in [5.74, 6) is 0.191. The van der Waals surface area contributed by atoms with Gasteiger partial charge in [0.2, 0.25) is 5.91 Å². The minimum absolute atomic E-state index is 0.191. The van der Waals surface area contributed by atoms with Crippen molar-refractivity contribution in [2.24, 2.45) is 5.73 Å². The predicted octanol–water partition coefficient (Wildman–Crippen LogP) is 0.637. The molecule has 0 bridgehead atoms. The summed E-state index contributed by atoms with van der Waals surface area (Å²) in [7, 11) is 2.08. The minimum Gasteiger partial charge on any atom is -0.389 e. The van der Waals surface area contributed by atoms with E-state index in [1.165, 1.54) is 0 Å². The molecule has 1 aromatic rings. The summed E-state index contributed by atoms with van der Waals surface area (Å²) in [6.07, 6.45) is 0.446. The third-order valence-corrected chi connectivity index (χ3v) is 3.69. The Kier molecular flexibility index (Phi) is 4.50. The van der Waals surface area contributed by atoms with Crippen molar-refractivity contribution in [3.05, 3.63) is 35.4 Å². The lowest BCUT2D eigenvalue weighted by Crippen LogP contribution is -2.47. The van der Waals surface area contributed by atoms with Crippen molar-refractivity contribution in [1.29, 1.82) is 0 Å². The number of carbonyl (C=O) groups excluding carboxylic acids is 1. The average Bonchev–Trinajstić information content (AvgIpc) is 2.40. The molecule has 1 fully saturated rings. The molecule has 1 amide bonds. The molecule has 0 atom stereocenters. The van der Waals surface area contributed by atoms with E-state index in [0.717, 1.165) is 37.3 Å². The lowest BCUT2D eigenvalue weighted by Gasteiger charge is -2.32. The van der Waals surface area contributed by atoms with E-state index in [2.05, 4.69) is 11.9 Å². The number of nitrogens with two attached hydrogens (primary N) is 1. The molecule has 1 aliphatic rings. The Morgan fingerprint density at radius 3 is 2.32 bits per heavy atom. The van der Waals surface area contributed by atoms with E-state index in [9.17, 15) is 4.79 Å². The van der Waals surface area contributed by atoms with E-state index in [-0.39, 0.29) is 5.91 Å². The number of carbonyl (C=O) groups is 1. The van der Waals surface area contributed by atoms with E-state index in [4.69, 9.17) is 18.0 Å². The van der Waals surface area contributed by atoms with E-state index >= 15 is 0 Å². The highest BCUT2D eigenvalue weighted by Crippen LogP contribution is 2.08. The number of rotatable bonds is 3. The zero-order valence-corrected chi connectivity index (χ0v) is 11.9. The van der Waals surface area contributed by atoms with Gasteiger partial charge >= 0.3 is 0 Å². The van der Waals surface area contributed by atoms with Crippen LogP contribution in [0.2, 0.25) is 0 Å². The fraction of sp³-hybridized carbons (Fsp3) is 0.429. The molecular weight excluding hydrogens is 258 g/mol. The van der Waals surface area contributed by atoms with Crippen LogP contribution in [0.25, 0.3) is 0 Å². The third-order valence-electron chi connectivity index (χ3n) is 3.45. The van der Waals surface area contributed by atoms with Gasteiger partial charge in [0.05, 0.1) is 6.42 Å². The SMILES string of the molecule is CN1CCN(C(=O)Cc2ccc(C(N)=S)cc2)CC1. The zero-order valence-electron chi connectivity index (χ0n) is 11.1. The fourth-order valence-electron chi connectivity index (χ4n) is 2.13. The van der Waals surface area contributed by atoms with Crippen molar-refractivity contribution in [3.8, 4) is 0 Å². The van der Waals surface area contributed by atoms with Crippen molar-refractivity contribution in [1.82, 2.24) is 9.80 Å². The van der Waals surface area contributed by atoms with Crippen LogP contribution in [0, 0.1) is 0 Å². The number of thiocarbonyl (C=S) groups is 1. The number of hydrogen-bond acceptors (Lipinski definition) is 3. The maximum atomic E-state index is 12.1. The van der Waals surface area contributed by atoms with Gasteiger partial charge in [-0.15, -0.1) is 0 Å². The fourth-order valence-corrected chi connectivity index (χ4v) is 2.27. The summed E-state index contributed by atoms with van der Waals surface area (Å²) >= 11 is 4.90. The molecule has 1 saturated heterocycles. The Morgan fingerprint density at radius 2 is 1.79 bits per heavy atom. The first-order valence-electron chi connectivity index (χ1n) is 6.41.